The van der Waals surface area contributed by atoms with Crippen LogP contribution in [0.2, 0.25) is 0 Å². The summed E-state index contributed by atoms with van der Waals surface area (Å²) in [4.78, 5) is 0. The minimum atomic E-state index is 0.612. The van der Waals surface area contributed by atoms with E-state index in [4.69, 9.17) is 0 Å². The molecule has 1 aliphatic heterocycles. The Balaban J connectivity index is 1.15. The zero-order chi connectivity index (χ0) is 24.6. The molecular weight excluding hydrogens is 446 g/mol. The summed E-state index contributed by atoms with van der Waals surface area (Å²) >= 11 is 0. The van der Waals surface area contributed by atoms with Gasteiger partial charge in [0.25, 0.3) is 0 Å². The lowest BCUT2D eigenvalue weighted by molar-refractivity contribution is 0.490. The molecule has 3 unspecified atom stereocenters. The Bertz CT molecular complexity index is 1430. The van der Waals surface area contributed by atoms with Crippen LogP contribution in [0, 0.1) is 17.8 Å². The third-order valence-electron chi connectivity index (χ3n) is 9.69. The average molecular weight is 486 g/mol. The maximum absolute atomic E-state index is 3.37. The lowest BCUT2D eigenvalue weighted by Gasteiger charge is -2.30. The van der Waals surface area contributed by atoms with E-state index < -0.39 is 0 Å². The molecule has 3 atom stereocenters. The van der Waals surface area contributed by atoms with E-state index in [0.29, 0.717) is 17.8 Å². The van der Waals surface area contributed by atoms with E-state index in [0.717, 1.165) is 6.54 Å². The van der Waals surface area contributed by atoms with Crippen LogP contribution in [-0.4, -0.2) is 6.54 Å². The summed E-state index contributed by atoms with van der Waals surface area (Å²) in [6.07, 6.45) is 34.1. The van der Waals surface area contributed by atoms with Gasteiger partial charge in [0.15, 0.2) is 0 Å². The number of rotatable bonds is 4. The van der Waals surface area contributed by atoms with Gasteiger partial charge >= 0.3 is 0 Å². The molecular formula is C36H39N. The summed E-state index contributed by atoms with van der Waals surface area (Å²) in [5, 5.41) is 6.41. The van der Waals surface area contributed by atoms with E-state index in [2.05, 4.69) is 84.4 Å². The topological polar surface area (TPSA) is 12.0 Å². The molecule has 1 nitrogen and oxygen atoms in total. The van der Waals surface area contributed by atoms with Crippen LogP contribution in [-0.2, 0) is 0 Å². The van der Waals surface area contributed by atoms with Gasteiger partial charge in [-0.2, -0.15) is 0 Å². The van der Waals surface area contributed by atoms with Crippen molar-refractivity contribution in [2.24, 2.45) is 17.8 Å². The van der Waals surface area contributed by atoms with Gasteiger partial charge in [0.2, 0.25) is 0 Å². The summed E-state index contributed by atoms with van der Waals surface area (Å²) in [5.41, 5.74) is 11.1. The standard InChI is InChI=1S/C36H39N/c1-2-6-30-23-31(18-15-25(30)5-1)34-20-19-33(35-7-3-4-8-36(34)35)29-16-13-27(14-17-29)26-9-11-28(12-10-26)32-21-22-37-24-32/h1,3-5,7-9,11,13,15,18,23-25,29-30,37H,2,6,10,12,14,16-17,19-22H2. The predicted molar refractivity (Wildman–Crippen MR) is 156 cm³/mol. The quantitative estimate of drug-likeness (QED) is 0.448. The van der Waals surface area contributed by atoms with Crippen LogP contribution in [0.4, 0.5) is 0 Å². The Morgan fingerprint density at radius 3 is 2.41 bits per heavy atom. The van der Waals surface area contributed by atoms with E-state index in [1.807, 2.05) is 0 Å². The highest BCUT2D eigenvalue weighted by atomic mass is 14.8. The number of allylic oxidation sites excluding steroid dienone is 12. The highest BCUT2D eigenvalue weighted by molar-refractivity contribution is 5.73. The van der Waals surface area contributed by atoms with Crippen LogP contribution in [0.15, 0.2) is 107 Å². The van der Waals surface area contributed by atoms with Crippen molar-refractivity contribution in [2.45, 2.75) is 64.2 Å². The highest BCUT2D eigenvalue weighted by Gasteiger charge is 2.26. The Kier molecular flexibility index (Phi) is 6.25. The maximum atomic E-state index is 3.37. The maximum Gasteiger partial charge on any atom is 0.0182 e. The monoisotopic (exact) mass is 485 g/mol. The average Bonchev–Trinajstić information content (AvgIpc) is 3.52. The molecule has 1 N–H and O–H groups in total. The second kappa shape index (κ2) is 10.0. The largest absolute Gasteiger partial charge is 0.390 e. The molecule has 6 aliphatic rings. The van der Waals surface area contributed by atoms with Gasteiger partial charge in [0, 0.05) is 18.7 Å². The Morgan fingerprint density at radius 2 is 1.62 bits per heavy atom. The van der Waals surface area contributed by atoms with Gasteiger partial charge in [0.1, 0.15) is 0 Å². The van der Waals surface area contributed by atoms with E-state index in [1.54, 1.807) is 27.9 Å². The van der Waals surface area contributed by atoms with Gasteiger partial charge < -0.3 is 5.32 Å². The Hall–Kier alpha value is -3.06. The minimum absolute atomic E-state index is 0.612. The Morgan fingerprint density at radius 1 is 0.757 bits per heavy atom. The van der Waals surface area contributed by atoms with Crippen LogP contribution in [0.25, 0.3) is 11.1 Å². The molecule has 1 heteroatoms. The van der Waals surface area contributed by atoms with Crippen molar-refractivity contribution in [1.29, 1.82) is 0 Å². The van der Waals surface area contributed by atoms with Crippen LogP contribution in [0.3, 0.4) is 0 Å². The molecule has 1 aromatic carbocycles. The predicted octanol–water partition coefficient (Wildman–Crippen LogP) is 7.11. The van der Waals surface area contributed by atoms with Crippen molar-refractivity contribution >= 4 is 11.1 Å². The van der Waals surface area contributed by atoms with E-state index in [1.165, 1.54) is 85.8 Å². The molecule has 188 valence electrons. The summed E-state index contributed by atoms with van der Waals surface area (Å²) < 4.78 is 0. The molecule has 0 amide bonds. The van der Waals surface area contributed by atoms with E-state index >= 15 is 0 Å². The molecule has 0 saturated heterocycles. The lowest BCUT2D eigenvalue weighted by Crippen LogP contribution is -2.35. The van der Waals surface area contributed by atoms with Crippen molar-refractivity contribution in [2.75, 3.05) is 6.54 Å². The molecule has 0 radical (unpaired) electrons. The smallest absolute Gasteiger partial charge is 0.0182 e. The lowest BCUT2D eigenvalue weighted by atomic mass is 9.74. The molecule has 1 aromatic rings. The molecule has 37 heavy (non-hydrogen) atoms. The number of nitrogens with one attached hydrogen (secondary N) is 1. The van der Waals surface area contributed by atoms with Crippen molar-refractivity contribution in [3.63, 3.8) is 0 Å². The molecule has 5 aliphatic carbocycles. The molecule has 0 spiro atoms. The van der Waals surface area contributed by atoms with Crippen LogP contribution >= 0.6 is 0 Å². The first kappa shape index (κ1) is 23.1. The summed E-state index contributed by atoms with van der Waals surface area (Å²) in [6.45, 7) is 1.10. The summed E-state index contributed by atoms with van der Waals surface area (Å²) in [5.74, 6) is 1.99. The fraction of sp³-hybridized carbons (Fsp3) is 0.389. The number of hydrogen-bond acceptors (Lipinski definition) is 1. The number of hydrogen-bond donors (Lipinski definition) is 1. The second-order valence-electron chi connectivity index (χ2n) is 11.7. The molecule has 0 aromatic heterocycles. The van der Waals surface area contributed by atoms with Gasteiger partial charge in [-0.25, -0.2) is 0 Å². The molecule has 1 heterocycles. The van der Waals surface area contributed by atoms with Crippen molar-refractivity contribution in [3.8, 4) is 0 Å². The number of benzene rings is 1. The SMILES string of the molecule is C1=CC2C=CC(C3=c4ccccc4=C(C4CC=C(C5=CC=C(C6=CNCC6)CC5)CC4)CC3)=CC2CC1. The highest BCUT2D eigenvalue weighted by Crippen LogP contribution is 2.40. The van der Waals surface area contributed by atoms with Gasteiger partial charge in [-0.05, 0) is 120 Å². The van der Waals surface area contributed by atoms with Crippen molar-refractivity contribution in [3.05, 3.63) is 117 Å². The third kappa shape index (κ3) is 4.48. The van der Waals surface area contributed by atoms with Crippen molar-refractivity contribution in [1.82, 2.24) is 5.32 Å². The fourth-order valence-electron chi connectivity index (χ4n) is 7.60. The minimum Gasteiger partial charge on any atom is -0.390 e. The molecule has 0 fully saturated rings. The van der Waals surface area contributed by atoms with Crippen LogP contribution in [0.5, 0.6) is 0 Å². The summed E-state index contributed by atoms with van der Waals surface area (Å²) in [6, 6.07) is 9.30. The van der Waals surface area contributed by atoms with E-state index in [9.17, 15) is 0 Å². The zero-order valence-corrected chi connectivity index (χ0v) is 22.0. The summed E-state index contributed by atoms with van der Waals surface area (Å²) in [7, 11) is 0. The third-order valence-corrected chi connectivity index (χ3v) is 9.69. The zero-order valence-electron chi connectivity index (χ0n) is 22.0. The van der Waals surface area contributed by atoms with Crippen LogP contribution < -0.4 is 15.8 Å². The van der Waals surface area contributed by atoms with Gasteiger partial charge in [0.05, 0.1) is 0 Å². The van der Waals surface area contributed by atoms with Gasteiger partial charge in [-0.15, -0.1) is 0 Å². The normalized spacial score (nSPS) is 28.9. The van der Waals surface area contributed by atoms with Crippen molar-refractivity contribution < 1.29 is 0 Å². The molecule has 7 rings (SSSR count). The molecule has 0 bridgehead atoms. The number of fused-ring (bicyclic) bond motifs is 2. The van der Waals surface area contributed by atoms with Gasteiger partial charge in [-0.3, -0.25) is 0 Å². The fourth-order valence-corrected chi connectivity index (χ4v) is 7.60. The Labute approximate surface area is 222 Å². The van der Waals surface area contributed by atoms with E-state index in [-0.39, 0.29) is 0 Å². The molecule has 0 saturated carbocycles. The first-order valence-electron chi connectivity index (χ1n) is 14.7. The second-order valence-corrected chi connectivity index (χ2v) is 11.7. The first-order valence-corrected chi connectivity index (χ1v) is 14.7. The first-order chi connectivity index (χ1) is 18.3. The van der Waals surface area contributed by atoms with Gasteiger partial charge in [-0.1, -0.05) is 78.4 Å². The van der Waals surface area contributed by atoms with Crippen LogP contribution in [0.1, 0.15) is 64.2 Å².